The lowest BCUT2D eigenvalue weighted by Crippen LogP contribution is -2.24. The molecule has 4 rings (SSSR count). The van der Waals surface area contributed by atoms with Crippen LogP contribution in [-0.4, -0.2) is 25.5 Å². The summed E-state index contributed by atoms with van der Waals surface area (Å²) in [7, 11) is -1.92. The van der Waals surface area contributed by atoms with Gasteiger partial charge < -0.3 is 10.1 Å². The highest BCUT2D eigenvalue weighted by atomic mass is 35.5. The van der Waals surface area contributed by atoms with Gasteiger partial charge in [0.05, 0.1) is 18.6 Å². The molecule has 2 N–H and O–H groups in total. The fourth-order valence-corrected chi connectivity index (χ4v) is 4.61. The first-order chi connectivity index (χ1) is 16.4. The maximum Gasteiger partial charge on any atom is 0.216 e. The van der Waals surface area contributed by atoms with Crippen LogP contribution in [0.25, 0.3) is 11.3 Å². The molecule has 3 aromatic carbocycles. The van der Waals surface area contributed by atoms with Crippen LogP contribution < -0.4 is 14.8 Å². The molecule has 1 aromatic heterocycles. The zero-order valence-corrected chi connectivity index (χ0v) is 20.0. The number of para-hydroxylation sites is 1. The number of hydrogen-bond donors (Lipinski definition) is 2. The molecule has 0 bridgehead atoms. The summed E-state index contributed by atoms with van der Waals surface area (Å²) in [6.45, 7) is 0.199. The Hall–Kier alpha value is -3.46. The molecule has 0 atom stereocenters. The van der Waals surface area contributed by atoms with Gasteiger partial charge in [0.25, 0.3) is 0 Å². The van der Waals surface area contributed by atoms with E-state index >= 15 is 0 Å². The van der Waals surface area contributed by atoms with Crippen molar-refractivity contribution in [2.24, 2.45) is 0 Å². The average Bonchev–Trinajstić information content (AvgIpc) is 2.84. The van der Waals surface area contributed by atoms with Crippen molar-refractivity contribution in [2.45, 2.75) is 12.3 Å². The maximum atomic E-state index is 12.6. The Labute approximate surface area is 203 Å². The van der Waals surface area contributed by atoms with E-state index in [1.165, 1.54) is 6.33 Å². The van der Waals surface area contributed by atoms with E-state index < -0.39 is 10.0 Å². The summed E-state index contributed by atoms with van der Waals surface area (Å²) in [6, 6.07) is 23.7. The Kier molecular flexibility index (Phi) is 7.42. The smallest absolute Gasteiger partial charge is 0.216 e. The van der Waals surface area contributed by atoms with E-state index in [0.717, 1.165) is 16.8 Å². The Balaban J connectivity index is 1.45. The van der Waals surface area contributed by atoms with Crippen molar-refractivity contribution in [1.82, 2.24) is 14.7 Å². The predicted molar refractivity (Wildman–Crippen MR) is 135 cm³/mol. The number of halogens is 1. The highest BCUT2D eigenvalue weighted by molar-refractivity contribution is 7.88. The minimum atomic E-state index is -3.53. The Morgan fingerprint density at radius 2 is 1.71 bits per heavy atom. The normalized spacial score (nSPS) is 11.2. The van der Waals surface area contributed by atoms with Crippen molar-refractivity contribution in [3.8, 4) is 17.0 Å². The topological polar surface area (TPSA) is 93.2 Å². The number of hydrogen-bond acceptors (Lipinski definition) is 6. The van der Waals surface area contributed by atoms with Gasteiger partial charge in [-0.2, -0.15) is 0 Å². The third kappa shape index (κ3) is 6.32. The molecule has 7 nitrogen and oxygen atoms in total. The number of anilines is 2. The molecule has 4 aromatic rings. The van der Waals surface area contributed by atoms with E-state index in [-0.39, 0.29) is 12.3 Å². The lowest BCUT2D eigenvalue weighted by Gasteiger charge is -2.11. The molecule has 0 aliphatic carbocycles. The number of sulfonamides is 1. The van der Waals surface area contributed by atoms with Crippen LogP contribution in [0.5, 0.6) is 5.75 Å². The second-order valence-corrected chi connectivity index (χ2v) is 9.76. The lowest BCUT2D eigenvalue weighted by atomic mass is 10.1. The van der Waals surface area contributed by atoms with Crippen LogP contribution in [0.3, 0.4) is 0 Å². The molecule has 174 valence electrons. The highest BCUT2D eigenvalue weighted by Crippen LogP contribution is 2.29. The van der Waals surface area contributed by atoms with Gasteiger partial charge in [-0.05, 0) is 47.5 Å². The summed E-state index contributed by atoms with van der Waals surface area (Å²) in [5.74, 6) is 1.15. The molecule has 0 aliphatic rings. The lowest BCUT2D eigenvalue weighted by molar-refractivity contribution is 0.416. The monoisotopic (exact) mass is 494 g/mol. The molecule has 34 heavy (non-hydrogen) atoms. The van der Waals surface area contributed by atoms with Gasteiger partial charge >= 0.3 is 0 Å². The van der Waals surface area contributed by atoms with Crippen LogP contribution in [-0.2, 0) is 22.3 Å². The summed E-state index contributed by atoms with van der Waals surface area (Å²) >= 11 is 5.88. The van der Waals surface area contributed by atoms with E-state index in [1.54, 1.807) is 49.6 Å². The van der Waals surface area contributed by atoms with E-state index in [1.807, 2.05) is 36.4 Å². The number of nitrogens with one attached hydrogen (secondary N) is 2. The Morgan fingerprint density at radius 3 is 2.50 bits per heavy atom. The fourth-order valence-electron chi connectivity index (χ4n) is 3.38. The van der Waals surface area contributed by atoms with Gasteiger partial charge in [0.15, 0.2) is 0 Å². The average molecular weight is 495 g/mol. The number of aromatic nitrogens is 2. The van der Waals surface area contributed by atoms with Gasteiger partial charge in [-0.3, -0.25) is 0 Å². The number of nitrogens with zero attached hydrogens (tertiary/aromatic N) is 2. The first kappa shape index (κ1) is 23.7. The fraction of sp³-hybridized carbons (Fsp3) is 0.120. The number of methoxy groups -OCH3 is 1. The van der Waals surface area contributed by atoms with E-state index in [9.17, 15) is 8.42 Å². The summed E-state index contributed by atoms with van der Waals surface area (Å²) in [6.07, 6.45) is 1.47. The van der Waals surface area contributed by atoms with E-state index in [4.69, 9.17) is 16.3 Å². The minimum absolute atomic E-state index is 0.146. The van der Waals surface area contributed by atoms with Gasteiger partial charge in [-0.15, -0.1) is 0 Å². The van der Waals surface area contributed by atoms with Crippen molar-refractivity contribution in [3.63, 3.8) is 0 Å². The second kappa shape index (κ2) is 10.6. The van der Waals surface area contributed by atoms with Crippen LogP contribution >= 0.6 is 11.6 Å². The molecule has 0 spiro atoms. The van der Waals surface area contributed by atoms with Crippen LogP contribution in [0, 0.1) is 0 Å². The number of benzene rings is 3. The van der Waals surface area contributed by atoms with Gasteiger partial charge in [0, 0.05) is 28.9 Å². The molecule has 0 radical (unpaired) electrons. The SMILES string of the molecule is COc1ccccc1-c1cc(Nc2cccc(CS(=O)(=O)NCc3ccc(Cl)cc3)c2)ncn1. The Bertz CT molecular complexity index is 1380. The van der Waals surface area contributed by atoms with Gasteiger partial charge in [-0.1, -0.05) is 48.0 Å². The zero-order chi connectivity index (χ0) is 24.0. The standard InChI is InChI=1S/C25H23ClN4O3S/c1-33-24-8-3-2-7-22(24)23-14-25(28-17-27-23)30-21-6-4-5-19(13-21)16-34(31,32)29-15-18-9-11-20(26)12-10-18/h2-14,17,29H,15-16H2,1H3,(H,27,28,30). The minimum Gasteiger partial charge on any atom is -0.496 e. The summed E-state index contributed by atoms with van der Waals surface area (Å²) in [5.41, 5.74) is 3.75. The number of rotatable bonds is 9. The maximum absolute atomic E-state index is 12.6. The van der Waals surface area contributed by atoms with Crippen molar-refractivity contribution in [1.29, 1.82) is 0 Å². The molecule has 1 heterocycles. The first-order valence-corrected chi connectivity index (χ1v) is 12.5. The first-order valence-electron chi connectivity index (χ1n) is 10.4. The molecule has 0 saturated carbocycles. The van der Waals surface area contributed by atoms with Gasteiger partial charge in [0.2, 0.25) is 10.0 Å². The molecular formula is C25H23ClN4O3S. The van der Waals surface area contributed by atoms with Gasteiger partial charge in [-0.25, -0.2) is 23.1 Å². The largest absolute Gasteiger partial charge is 0.496 e. The van der Waals surface area contributed by atoms with Crippen LogP contribution in [0.4, 0.5) is 11.5 Å². The van der Waals surface area contributed by atoms with E-state index in [2.05, 4.69) is 20.0 Å². The molecule has 0 fully saturated rings. The third-order valence-electron chi connectivity index (χ3n) is 5.02. The van der Waals surface area contributed by atoms with Crippen LogP contribution in [0.2, 0.25) is 5.02 Å². The van der Waals surface area contributed by atoms with E-state index in [0.29, 0.717) is 27.8 Å². The Morgan fingerprint density at radius 1 is 0.912 bits per heavy atom. The van der Waals surface area contributed by atoms with Gasteiger partial charge in [0.1, 0.15) is 17.9 Å². The van der Waals surface area contributed by atoms with Crippen LogP contribution in [0.15, 0.2) is 85.2 Å². The second-order valence-electron chi connectivity index (χ2n) is 7.52. The highest BCUT2D eigenvalue weighted by Gasteiger charge is 2.13. The predicted octanol–water partition coefficient (Wildman–Crippen LogP) is 5.17. The summed E-state index contributed by atoms with van der Waals surface area (Å²) < 4.78 is 33.2. The third-order valence-corrected chi connectivity index (χ3v) is 6.57. The van der Waals surface area contributed by atoms with Crippen molar-refractivity contribution < 1.29 is 13.2 Å². The molecule has 9 heteroatoms. The van der Waals surface area contributed by atoms with Crippen molar-refractivity contribution >= 4 is 33.1 Å². The molecule has 0 saturated heterocycles. The molecule has 0 aliphatic heterocycles. The van der Waals surface area contributed by atoms with Crippen molar-refractivity contribution in [2.75, 3.05) is 12.4 Å². The molecule has 0 unspecified atom stereocenters. The summed E-state index contributed by atoms with van der Waals surface area (Å²) in [5, 5.41) is 3.83. The zero-order valence-electron chi connectivity index (χ0n) is 18.4. The van der Waals surface area contributed by atoms with Crippen LogP contribution in [0.1, 0.15) is 11.1 Å². The summed E-state index contributed by atoms with van der Waals surface area (Å²) in [4.78, 5) is 8.64. The number of ether oxygens (including phenoxy) is 1. The molecular weight excluding hydrogens is 472 g/mol. The quantitative estimate of drug-likeness (QED) is 0.333. The molecule has 0 amide bonds. The van der Waals surface area contributed by atoms with Crippen molar-refractivity contribution in [3.05, 3.63) is 101 Å².